The molecule has 2 aromatic carbocycles. The van der Waals surface area contributed by atoms with E-state index in [-0.39, 0.29) is 30.2 Å². The Morgan fingerprint density at radius 1 is 1.11 bits per heavy atom. The first-order chi connectivity index (χ1) is 18.3. The molecular formula is C29H27ClFN5OS. The van der Waals surface area contributed by atoms with Crippen LogP contribution in [-0.4, -0.2) is 32.0 Å². The molecule has 2 atom stereocenters. The van der Waals surface area contributed by atoms with Gasteiger partial charge in [-0.3, -0.25) is 9.78 Å². The maximum absolute atomic E-state index is 13.2. The quantitative estimate of drug-likeness (QED) is 0.267. The number of carbonyl (C=O) groups excluding carboxylic acids is 1. The maximum atomic E-state index is 13.2. The summed E-state index contributed by atoms with van der Waals surface area (Å²) in [4.78, 5) is 19.4. The van der Waals surface area contributed by atoms with E-state index in [0.717, 1.165) is 28.3 Å². The Morgan fingerprint density at radius 3 is 2.53 bits per heavy atom. The molecule has 0 bridgehead atoms. The van der Waals surface area contributed by atoms with Crippen LogP contribution in [0.4, 0.5) is 10.1 Å². The standard InChI is InChI=1S/C29H27ClFN5OS/c1-18-17-24(19(2)36(18)23-12-6-20(30)7-13-23)28-27(25-5-3-4-15-32-25)34-29(38)35(28)16-14-26(37)33-22-10-8-21(31)9-11-22/h3-13,15,17,27-28H,14,16H2,1-2H3,(H,33,37)(H,34,38)/t27-,28+/m1/s1. The number of amides is 1. The Hall–Kier alpha value is -3.75. The van der Waals surface area contributed by atoms with Gasteiger partial charge in [-0.25, -0.2) is 4.39 Å². The molecule has 1 fully saturated rings. The number of carbonyl (C=O) groups is 1. The van der Waals surface area contributed by atoms with Crippen LogP contribution in [0.15, 0.2) is 79.0 Å². The Kier molecular flexibility index (Phi) is 7.44. The zero-order valence-electron chi connectivity index (χ0n) is 21.0. The summed E-state index contributed by atoms with van der Waals surface area (Å²) in [6.45, 7) is 4.56. The summed E-state index contributed by atoms with van der Waals surface area (Å²) in [6.07, 6.45) is 1.98. The van der Waals surface area contributed by atoms with Crippen molar-refractivity contribution in [2.45, 2.75) is 32.4 Å². The molecule has 0 saturated carbocycles. The van der Waals surface area contributed by atoms with E-state index in [1.807, 2.05) is 42.5 Å². The van der Waals surface area contributed by atoms with Crippen molar-refractivity contribution in [1.82, 2.24) is 19.8 Å². The lowest BCUT2D eigenvalue weighted by Gasteiger charge is -2.28. The number of rotatable bonds is 7. The number of hydrogen-bond acceptors (Lipinski definition) is 3. The van der Waals surface area contributed by atoms with E-state index in [4.69, 9.17) is 23.8 Å². The Labute approximate surface area is 231 Å². The molecule has 2 N–H and O–H groups in total. The second-order valence-electron chi connectivity index (χ2n) is 9.26. The number of hydrogen-bond donors (Lipinski definition) is 2. The summed E-state index contributed by atoms with van der Waals surface area (Å²) in [7, 11) is 0. The van der Waals surface area contributed by atoms with E-state index in [1.54, 1.807) is 18.3 Å². The van der Waals surface area contributed by atoms with E-state index in [0.29, 0.717) is 22.4 Å². The van der Waals surface area contributed by atoms with Crippen LogP contribution in [0.3, 0.4) is 0 Å². The van der Waals surface area contributed by atoms with Crippen molar-refractivity contribution in [2.75, 3.05) is 11.9 Å². The maximum Gasteiger partial charge on any atom is 0.226 e. The Bertz CT molecular complexity index is 1460. The molecule has 0 aliphatic carbocycles. The monoisotopic (exact) mass is 547 g/mol. The molecule has 5 rings (SSSR count). The largest absolute Gasteiger partial charge is 0.352 e. The SMILES string of the molecule is Cc1cc([C@H]2[C@@H](c3ccccn3)NC(=S)N2CCC(=O)Nc2ccc(F)cc2)c(C)n1-c1ccc(Cl)cc1. The van der Waals surface area contributed by atoms with Gasteiger partial charge < -0.3 is 20.1 Å². The third-order valence-electron chi connectivity index (χ3n) is 6.78. The van der Waals surface area contributed by atoms with Crippen LogP contribution in [-0.2, 0) is 4.79 Å². The minimum Gasteiger partial charge on any atom is -0.352 e. The van der Waals surface area contributed by atoms with Gasteiger partial charge in [-0.2, -0.15) is 0 Å². The van der Waals surface area contributed by atoms with Crippen LogP contribution in [0.2, 0.25) is 5.02 Å². The predicted molar refractivity (Wildman–Crippen MR) is 152 cm³/mol. The van der Waals surface area contributed by atoms with Crippen molar-refractivity contribution in [3.63, 3.8) is 0 Å². The number of aromatic nitrogens is 2. The fraction of sp³-hybridized carbons (Fsp3) is 0.207. The average molecular weight is 548 g/mol. The van der Waals surface area contributed by atoms with E-state index in [1.165, 1.54) is 12.1 Å². The number of pyridine rings is 1. The van der Waals surface area contributed by atoms with Gasteiger partial charge in [-0.1, -0.05) is 17.7 Å². The lowest BCUT2D eigenvalue weighted by molar-refractivity contribution is -0.116. The van der Waals surface area contributed by atoms with Crippen molar-refractivity contribution in [3.8, 4) is 5.69 Å². The average Bonchev–Trinajstić information content (AvgIpc) is 3.39. The molecule has 1 aliphatic rings. The summed E-state index contributed by atoms with van der Waals surface area (Å²) in [6, 6.07) is 21.1. The summed E-state index contributed by atoms with van der Waals surface area (Å²) in [5.41, 5.74) is 5.68. The third kappa shape index (κ3) is 5.28. The summed E-state index contributed by atoms with van der Waals surface area (Å²) in [5.74, 6) is -0.526. The van der Waals surface area contributed by atoms with Crippen molar-refractivity contribution in [3.05, 3.63) is 112 Å². The summed E-state index contributed by atoms with van der Waals surface area (Å²) < 4.78 is 15.4. The molecule has 2 aromatic heterocycles. The van der Waals surface area contributed by atoms with Gasteiger partial charge in [0.1, 0.15) is 5.82 Å². The lowest BCUT2D eigenvalue weighted by Crippen LogP contribution is -2.32. The first-order valence-corrected chi connectivity index (χ1v) is 13.1. The van der Waals surface area contributed by atoms with Crippen LogP contribution in [0, 0.1) is 19.7 Å². The number of benzene rings is 2. The molecule has 194 valence electrons. The van der Waals surface area contributed by atoms with E-state index < -0.39 is 0 Å². The zero-order valence-corrected chi connectivity index (χ0v) is 22.6. The van der Waals surface area contributed by atoms with Gasteiger partial charge in [0.05, 0.1) is 17.8 Å². The van der Waals surface area contributed by atoms with Crippen molar-refractivity contribution in [1.29, 1.82) is 0 Å². The van der Waals surface area contributed by atoms with E-state index in [2.05, 4.69) is 45.0 Å². The van der Waals surface area contributed by atoms with Gasteiger partial charge in [0.25, 0.3) is 0 Å². The highest BCUT2D eigenvalue weighted by Gasteiger charge is 2.41. The molecule has 6 nitrogen and oxygen atoms in total. The predicted octanol–water partition coefficient (Wildman–Crippen LogP) is 6.28. The second-order valence-corrected chi connectivity index (χ2v) is 10.1. The fourth-order valence-corrected chi connectivity index (χ4v) is 5.50. The molecule has 1 aliphatic heterocycles. The molecule has 0 spiro atoms. The molecule has 0 radical (unpaired) electrons. The lowest BCUT2D eigenvalue weighted by atomic mass is 9.96. The van der Waals surface area contributed by atoms with Crippen LogP contribution >= 0.6 is 23.8 Å². The van der Waals surface area contributed by atoms with Gasteiger partial charge >= 0.3 is 0 Å². The van der Waals surface area contributed by atoms with Gasteiger partial charge in [-0.15, -0.1) is 0 Å². The third-order valence-corrected chi connectivity index (χ3v) is 7.38. The highest BCUT2D eigenvalue weighted by Crippen LogP contribution is 2.41. The van der Waals surface area contributed by atoms with Gasteiger partial charge in [-0.05, 0) is 98.4 Å². The molecule has 1 amide bonds. The molecule has 0 unspecified atom stereocenters. The number of halogens is 2. The van der Waals surface area contributed by atoms with Crippen LogP contribution < -0.4 is 10.6 Å². The molecule has 4 aromatic rings. The highest BCUT2D eigenvalue weighted by atomic mass is 35.5. The molecule has 3 heterocycles. The minimum absolute atomic E-state index is 0.175. The number of nitrogens with zero attached hydrogens (tertiary/aromatic N) is 3. The second kappa shape index (κ2) is 10.9. The van der Waals surface area contributed by atoms with Gasteiger partial charge in [0.2, 0.25) is 5.91 Å². The smallest absolute Gasteiger partial charge is 0.226 e. The Morgan fingerprint density at radius 2 is 1.84 bits per heavy atom. The number of anilines is 1. The molecule has 9 heteroatoms. The number of thiocarbonyl (C=S) groups is 1. The summed E-state index contributed by atoms with van der Waals surface area (Å²) >= 11 is 11.9. The fourth-order valence-electron chi connectivity index (χ4n) is 5.04. The Balaban J connectivity index is 1.46. The van der Waals surface area contributed by atoms with E-state index in [9.17, 15) is 9.18 Å². The van der Waals surface area contributed by atoms with Crippen LogP contribution in [0.5, 0.6) is 0 Å². The highest BCUT2D eigenvalue weighted by molar-refractivity contribution is 7.80. The number of aryl methyl sites for hydroxylation is 1. The minimum atomic E-state index is -0.351. The van der Waals surface area contributed by atoms with Gasteiger partial charge in [0, 0.05) is 46.9 Å². The van der Waals surface area contributed by atoms with Crippen molar-refractivity contribution >= 4 is 40.5 Å². The van der Waals surface area contributed by atoms with Crippen LogP contribution in [0.25, 0.3) is 5.69 Å². The first kappa shape index (κ1) is 25.9. The van der Waals surface area contributed by atoms with Crippen molar-refractivity contribution in [2.24, 2.45) is 0 Å². The normalized spacial score (nSPS) is 16.9. The summed E-state index contributed by atoms with van der Waals surface area (Å²) in [5, 5.41) is 7.53. The molecule has 1 saturated heterocycles. The van der Waals surface area contributed by atoms with Crippen LogP contribution in [0.1, 0.15) is 41.1 Å². The van der Waals surface area contributed by atoms with Crippen molar-refractivity contribution < 1.29 is 9.18 Å². The zero-order chi connectivity index (χ0) is 26.8. The topological polar surface area (TPSA) is 62.2 Å². The number of nitrogens with one attached hydrogen (secondary N) is 2. The van der Waals surface area contributed by atoms with E-state index >= 15 is 0 Å². The first-order valence-electron chi connectivity index (χ1n) is 12.3. The molecular weight excluding hydrogens is 521 g/mol. The molecule has 38 heavy (non-hydrogen) atoms. The van der Waals surface area contributed by atoms with Gasteiger partial charge in [0.15, 0.2) is 5.11 Å².